The zero-order chi connectivity index (χ0) is 8.48. The van der Waals surface area contributed by atoms with Crippen LogP contribution in [0, 0.1) is 0 Å². The van der Waals surface area contributed by atoms with Crippen molar-refractivity contribution in [3.63, 3.8) is 0 Å². The Labute approximate surface area is 72.0 Å². The van der Waals surface area contributed by atoms with Gasteiger partial charge in [-0.05, 0) is 12.8 Å². The first-order valence-corrected chi connectivity index (χ1v) is 5.72. The molecule has 2 atom stereocenters. The molecule has 1 rings (SSSR count). The van der Waals surface area contributed by atoms with Crippen LogP contribution in [0.1, 0.15) is 25.7 Å². The van der Waals surface area contributed by atoms with Crippen molar-refractivity contribution in [2.45, 2.75) is 36.3 Å². The van der Waals surface area contributed by atoms with Crippen LogP contribution < -0.4 is 5.14 Å². The van der Waals surface area contributed by atoms with Gasteiger partial charge in [0, 0.05) is 0 Å². The molecule has 1 saturated carbocycles. The normalized spacial score (nSPS) is 33.6. The van der Waals surface area contributed by atoms with Gasteiger partial charge >= 0.3 is 0 Å². The molecular formula is C6H12ClNO2S. The fraction of sp³-hybridized carbons (Fsp3) is 1.00. The molecule has 1 aliphatic rings. The molecule has 0 heterocycles. The maximum absolute atomic E-state index is 10.9. The van der Waals surface area contributed by atoms with Gasteiger partial charge in [0.1, 0.15) is 0 Å². The highest BCUT2D eigenvalue weighted by Gasteiger charge is 2.31. The van der Waals surface area contributed by atoms with Crippen LogP contribution in [0.5, 0.6) is 0 Å². The monoisotopic (exact) mass is 197 g/mol. The lowest BCUT2D eigenvalue weighted by Gasteiger charge is -2.24. The van der Waals surface area contributed by atoms with Crippen molar-refractivity contribution in [3.8, 4) is 0 Å². The first kappa shape index (κ1) is 9.29. The number of primary sulfonamides is 1. The molecule has 0 unspecified atom stereocenters. The van der Waals surface area contributed by atoms with Gasteiger partial charge in [0.05, 0.1) is 10.6 Å². The molecule has 0 amide bonds. The predicted molar refractivity (Wildman–Crippen MR) is 45.0 cm³/mol. The molecule has 0 spiro atoms. The predicted octanol–water partition coefficient (Wildman–Crippen LogP) is 0.825. The number of hydrogen-bond acceptors (Lipinski definition) is 2. The minimum absolute atomic E-state index is 0.279. The summed E-state index contributed by atoms with van der Waals surface area (Å²) in [6, 6.07) is 0. The van der Waals surface area contributed by atoms with E-state index in [9.17, 15) is 8.42 Å². The summed E-state index contributed by atoms with van der Waals surface area (Å²) in [7, 11) is -3.41. The number of sulfonamides is 1. The van der Waals surface area contributed by atoms with E-state index in [1.807, 2.05) is 0 Å². The van der Waals surface area contributed by atoms with E-state index in [1.54, 1.807) is 0 Å². The van der Waals surface area contributed by atoms with Crippen LogP contribution in [0.25, 0.3) is 0 Å². The highest BCUT2D eigenvalue weighted by atomic mass is 35.5. The lowest BCUT2D eigenvalue weighted by molar-refractivity contribution is 0.490. The SMILES string of the molecule is NS(=O)(=O)[C@@H]1CCCC[C@H]1Cl. The van der Waals surface area contributed by atoms with Gasteiger partial charge in [0.25, 0.3) is 0 Å². The first-order valence-electron chi connectivity index (χ1n) is 3.67. The second kappa shape index (κ2) is 3.29. The Morgan fingerprint density at radius 3 is 2.18 bits per heavy atom. The van der Waals surface area contributed by atoms with Gasteiger partial charge < -0.3 is 0 Å². The zero-order valence-corrected chi connectivity index (χ0v) is 7.74. The van der Waals surface area contributed by atoms with E-state index in [2.05, 4.69) is 0 Å². The third-order valence-electron chi connectivity index (χ3n) is 2.04. The Balaban J connectivity index is 2.70. The van der Waals surface area contributed by atoms with Gasteiger partial charge in [-0.15, -0.1) is 11.6 Å². The second-order valence-electron chi connectivity index (χ2n) is 2.93. The Kier molecular flexibility index (Phi) is 2.78. The number of nitrogens with two attached hydrogens (primary N) is 1. The molecule has 0 aromatic heterocycles. The van der Waals surface area contributed by atoms with Crippen LogP contribution in [0.15, 0.2) is 0 Å². The van der Waals surface area contributed by atoms with Gasteiger partial charge in [0.15, 0.2) is 0 Å². The molecule has 0 radical (unpaired) electrons. The fourth-order valence-corrected chi connectivity index (χ4v) is 3.18. The number of alkyl halides is 1. The summed E-state index contributed by atoms with van der Waals surface area (Å²) in [4.78, 5) is 0. The van der Waals surface area contributed by atoms with Crippen molar-refractivity contribution in [2.24, 2.45) is 5.14 Å². The van der Waals surface area contributed by atoms with E-state index in [0.717, 1.165) is 19.3 Å². The summed E-state index contributed by atoms with van der Waals surface area (Å²) < 4.78 is 21.8. The first-order chi connectivity index (χ1) is 5.02. The third-order valence-corrected chi connectivity index (χ3v) is 4.12. The largest absolute Gasteiger partial charge is 0.228 e. The van der Waals surface area contributed by atoms with Crippen molar-refractivity contribution < 1.29 is 8.42 Å². The van der Waals surface area contributed by atoms with Crippen LogP contribution in [0.2, 0.25) is 0 Å². The van der Waals surface area contributed by atoms with E-state index >= 15 is 0 Å². The summed E-state index contributed by atoms with van der Waals surface area (Å²) >= 11 is 5.81. The van der Waals surface area contributed by atoms with Gasteiger partial charge in [0.2, 0.25) is 10.0 Å². The smallest absolute Gasteiger partial charge is 0.213 e. The molecule has 11 heavy (non-hydrogen) atoms. The highest BCUT2D eigenvalue weighted by Crippen LogP contribution is 2.26. The molecule has 1 aliphatic carbocycles. The number of hydrogen-bond donors (Lipinski definition) is 1. The quantitative estimate of drug-likeness (QED) is 0.633. The van der Waals surface area contributed by atoms with E-state index < -0.39 is 15.3 Å². The summed E-state index contributed by atoms with van der Waals surface area (Å²) in [6.45, 7) is 0. The van der Waals surface area contributed by atoms with Gasteiger partial charge in [-0.2, -0.15) is 0 Å². The molecule has 0 aromatic rings. The number of halogens is 1. The van der Waals surface area contributed by atoms with Crippen molar-refractivity contribution in [2.75, 3.05) is 0 Å². The Morgan fingerprint density at radius 1 is 1.27 bits per heavy atom. The molecule has 0 saturated heterocycles. The van der Waals surface area contributed by atoms with Crippen LogP contribution in [0.3, 0.4) is 0 Å². The van der Waals surface area contributed by atoms with Crippen LogP contribution in [0.4, 0.5) is 0 Å². The topological polar surface area (TPSA) is 60.2 Å². The van der Waals surface area contributed by atoms with E-state index in [-0.39, 0.29) is 5.38 Å². The maximum atomic E-state index is 10.9. The van der Waals surface area contributed by atoms with Crippen molar-refractivity contribution in [3.05, 3.63) is 0 Å². The summed E-state index contributed by atoms with van der Waals surface area (Å²) in [6.07, 6.45) is 3.32. The Morgan fingerprint density at radius 2 is 1.82 bits per heavy atom. The van der Waals surface area contributed by atoms with Gasteiger partial charge in [-0.3, -0.25) is 0 Å². The van der Waals surface area contributed by atoms with Gasteiger partial charge in [-0.1, -0.05) is 12.8 Å². The molecule has 1 fully saturated rings. The maximum Gasteiger partial charge on any atom is 0.213 e. The molecule has 66 valence electrons. The lowest BCUT2D eigenvalue weighted by atomic mass is 10.00. The van der Waals surface area contributed by atoms with Crippen molar-refractivity contribution >= 4 is 21.6 Å². The van der Waals surface area contributed by atoms with Crippen LogP contribution in [-0.2, 0) is 10.0 Å². The average molecular weight is 198 g/mol. The third kappa shape index (κ3) is 2.32. The number of rotatable bonds is 1. The average Bonchev–Trinajstić information content (AvgIpc) is 1.86. The molecule has 0 aromatic carbocycles. The Hall–Kier alpha value is 0.200. The summed E-state index contributed by atoms with van der Waals surface area (Å²) in [5, 5.41) is 4.19. The highest BCUT2D eigenvalue weighted by molar-refractivity contribution is 7.89. The summed E-state index contributed by atoms with van der Waals surface area (Å²) in [5.74, 6) is 0. The molecule has 3 nitrogen and oxygen atoms in total. The molecular weight excluding hydrogens is 186 g/mol. The minimum atomic E-state index is -3.41. The minimum Gasteiger partial charge on any atom is -0.228 e. The second-order valence-corrected chi connectivity index (χ2v) is 5.27. The summed E-state index contributed by atoms with van der Waals surface area (Å²) in [5.41, 5.74) is 0. The van der Waals surface area contributed by atoms with E-state index in [4.69, 9.17) is 16.7 Å². The van der Waals surface area contributed by atoms with Gasteiger partial charge in [-0.25, -0.2) is 13.6 Å². The zero-order valence-electron chi connectivity index (χ0n) is 6.16. The Bertz CT molecular complexity index is 227. The van der Waals surface area contributed by atoms with Crippen LogP contribution >= 0.6 is 11.6 Å². The van der Waals surface area contributed by atoms with Crippen molar-refractivity contribution in [1.82, 2.24) is 0 Å². The molecule has 2 N–H and O–H groups in total. The molecule has 5 heteroatoms. The van der Waals surface area contributed by atoms with Crippen molar-refractivity contribution in [1.29, 1.82) is 0 Å². The standard InChI is InChI=1S/C6H12ClNO2S/c7-5-3-1-2-4-6(5)11(8,9)10/h5-6H,1-4H2,(H2,8,9,10)/t5-,6-/m1/s1. The fourth-order valence-electron chi connectivity index (χ4n) is 1.42. The lowest BCUT2D eigenvalue weighted by Crippen LogP contribution is -2.37. The van der Waals surface area contributed by atoms with E-state index in [1.165, 1.54) is 0 Å². The molecule has 0 aliphatic heterocycles. The van der Waals surface area contributed by atoms with Crippen LogP contribution in [-0.4, -0.2) is 19.0 Å². The molecule has 0 bridgehead atoms. The van der Waals surface area contributed by atoms with E-state index in [0.29, 0.717) is 6.42 Å².